The van der Waals surface area contributed by atoms with E-state index in [0.717, 1.165) is 15.7 Å². The molecule has 0 saturated carbocycles. The quantitative estimate of drug-likeness (QED) is 0.702. The molecule has 0 unspecified atom stereocenters. The Morgan fingerprint density at radius 3 is 2.52 bits per heavy atom. The summed E-state index contributed by atoms with van der Waals surface area (Å²) in [6, 6.07) is 0. The maximum Gasteiger partial charge on any atom is 0.332 e. The molecule has 3 aromatic rings. The summed E-state index contributed by atoms with van der Waals surface area (Å²) >= 11 is 0. The van der Waals surface area contributed by atoms with Crippen molar-refractivity contribution in [3.8, 4) is 5.75 Å². The van der Waals surface area contributed by atoms with Crippen LogP contribution in [0.3, 0.4) is 0 Å². The molecule has 0 fully saturated rings. The van der Waals surface area contributed by atoms with Gasteiger partial charge < -0.3 is 4.74 Å². The molecule has 3 heterocycles. The van der Waals surface area contributed by atoms with Gasteiger partial charge in [-0.2, -0.15) is 0 Å². The van der Waals surface area contributed by atoms with Gasteiger partial charge in [-0.15, -0.1) is 0 Å². The number of fused-ring (bicyclic) bond motifs is 1. The van der Waals surface area contributed by atoms with E-state index in [-0.39, 0.29) is 6.54 Å². The topological polar surface area (TPSA) is 91.9 Å². The standard InChI is InChI=1S/C17H19N5O3/c1-9-6-19-13(10(2)14(9)25-5)8-22-16(23)12-7-18-11(3)20-15(12)21(4)17(22)24/h6-7H,8H2,1-5H3. The zero-order chi connectivity index (χ0) is 18.3. The van der Waals surface area contributed by atoms with Gasteiger partial charge in [0.1, 0.15) is 17.0 Å². The first-order valence-electron chi connectivity index (χ1n) is 7.77. The average Bonchev–Trinajstić information content (AvgIpc) is 2.59. The van der Waals surface area contributed by atoms with Crippen LogP contribution in [0.25, 0.3) is 11.0 Å². The van der Waals surface area contributed by atoms with Crippen molar-refractivity contribution in [3.05, 3.63) is 55.9 Å². The van der Waals surface area contributed by atoms with Crippen LogP contribution < -0.4 is 16.0 Å². The van der Waals surface area contributed by atoms with Gasteiger partial charge in [-0.05, 0) is 20.8 Å². The third kappa shape index (κ3) is 2.69. The Bertz CT molecular complexity index is 1100. The fourth-order valence-corrected chi connectivity index (χ4v) is 2.89. The molecule has 25 heavy (non-hydrogen) atoms. The van der Waals surface area contributed by atoms with Gasteiger partial charge in [0.25, 0.3) is 5.56 Å². The molecule has 0 aliphatic rings. The highest BCUT2D eigenvalue weighted by atomic mass is 16.5. The summed E-state index contributed by atoms with van der Waals surface area (Å²) < 4.78 is 7.89. The van der Waals surface area contributed by atoms with Crippen LogP contribution in [-0.2, 0) is 13.6 Å². The third-order valence-corrected chi connectivity index (χ3v) is 4.26. The summed E-state index contributed by atoms with van der Waals surface area (Å²) in [5.74, 6) is 1.20. The van der Waals surface area contributed by atoms with Crippen LogP contribution in [0.2, 0.25) is 0 Å². The predicted molar refractivity (Wildman–Crippen MR) is 93.1 cm³/mol. The molecule has 0 atom stereocenters. The zero-order valence-corrected chi connectivity index (χ0v) is 14.8. The highest BCUT2D eigenvalue weighted by Crippen LogP contribution is 2.24. The van der Waals surface area contributed by atoms with Crippen molar-refractivity contribution >= 4 is 11.0 Å². The van der Waals surface area contributed by atoms with E-state index in [4.69, 9.17) is 4.74 Å². The van der Waals surface area contributed by atoms with Crippen LogP contribution in [0.4, 0.5) is 0 Å². The van der Waals surface area contributed by atoms with Crippen LogP contribution in [0.1, 0.15) is 22.6 Å². The number of nitrogens with zero attached hydrogens (tertiary/aromatic N) is 5. The van der Waals surface area contributed by atoms with Crippen molar-refractivity contribution in [1.29, 1.82) is 0 Å². The maximum absolute atomic E-state index is 12.8. The van der Waals surface area contributed by atoms with E-state index in [9.17, 15) is 9.59 Å². The fraction of sp³-hybridized carbons (Fsp3) is 0.353. The molecule has 3 rings (SSSR count). The van der Waals surface area contributed by atoms with Crippen molar-refractivity contribution < 1.29 is 4.74 Å². The average molecular weight is 341 g/mol. The second kappa shape index (κ2) is 6.12. The van der Waals surface area contributed by atoms with E-state index in [1.54, 1.807) is 27.3 Å². The fourth-order valence-electron chi connectivity index (χ4n) is 2.89. The summed E-state index contributed by atoms with van der Waals surface area (Å²) in [5.41, 5.74) is 1.75. The molecule has 0 saturated heterocycles. The summed E-state index contributed by atoms with van der Waals surface area (Å²) in [6.07, 6.45) is 3.12. The van der Waals surface area contributed by atoms with Gasteiger partial charge in [0.05, 0.1) is 19.3 Å². The van der Waals surface area contributed by atoms with Gasteiger partial charge in [0.15, 0.2) is 5.65 Å². The Balaban J connectivity index is 2.23. The number of aromatic nitrogens is 5. The lowest BCUT2D eigenvalue weighted by atomic mass is 10.1. The SMILES string of the molecule is COc1c(C)cnc(Cn2c(=O)c3cnc(C)nc3n(C)c2=O)c1C. The molecule has 8 heteroatoms. The van der Waals surface area contributed by atoms with Crippen molar-refractivity contribution in [3.63, 3.8) is 0 Å². The second-order valence-electron chi connectivity index (χ2n) is 5.93. The van der Waals surface area contributed by atoms with Crippen LogP contribution in [0.5, 0.6) is 5.75 Å². The first kappa shape index (κ1) is 16.8. The lowest BCUT2D eigenvalue weighted by Gasteiger charge is -2.14. The summed E-state index contributed by atoms with van der Waals surface area (Å²) in [5, 5.41) is 0.296. The van der Waals surface area contributed by atoms with Gasteiger partial charge in [-0.25, -0.2) is 14.8 Å². The predicted octanol–water partition coefficient (Wildman–Crippen LogP) is 0.867. The number of ether oxygens (including phenoxy) is 1. The number of hydrogen-bond acceptors (Lipinski definition) is 6. The largest absolute Gasteiger partial charge is 0.496 e. The zero-order valence-electron chi connectivity index (χ0n) is 14.8. The van der Waals surface area contributed by atoms with Crippen molar-refractivity contribution in [1.82, 2.24) is 24.1 Å². The van der Waals surface area contributed by atoms with E-state index in [0.29, 0.717) is 28.3 Å². The van der Waals surface area contributed by atoms with Gasteiger partial charge in [0.2, 0.25) is 0 Å². The monoisotopic (exact) mass is 341 g/mol. The summed E-state index contributed by atoms with van der Waals surface area (Å²) in [4.78, 5) is 38.1. The number of rotatable bonds is 3. The van der Waals surface area contributed by atoms with Gasteiger partial charge in [-0.3, -0.25) is 18.9 Å². The molecule has 8 nitrogen and oxygen atoms in total. The Morgan fingerprint density at radius 1 is 1.12 bits per heavy atom. The number of methoxy groups -OCH3 is 1. The number of aryl methyl sites for hydroxylation is 3. The van der Waals surface area contributed by atoms with E-state index in [2.05, 4.69) is 15.0 Å². The molecule has 3 aromatic heterocycles. The molecular formula is C17H19N5O3. The molecule has 0 radical (unpaired) electrons. The summed E-state index contributed by atoms with van der Waals surface area (Å²) in [6.45, 7) is 5.51. The lowest BCUT2D eigenvalue weighted by molar-refractivity contribution is 0.406. The van der Waals surface area contributed by atoms with E-state index >= 15 is 0 Å². The Morgan fingerprint density at radius 2 is 1.84 bits per heavy atom. The van der Waals surface area contributed by atoms with E-state index in [1.165, 1.54) is 10.8 Å². The molecule has 0 aliphatic carbocycles. The van der Waals surface area contributed by atoms with Gasteiger partial charge in [0, 0.05) is 30.6 Å². The minimum absolute atomic E-state index is 0.0534. The van der Waals surface area contributed by atoms with Crippen LogP contribution in [0, 0.1) is 20.8 Å². The molecule has 0 aliphatic heterocycles. The number of pyridine rings is 1. The third-order valence-electron chi connectivity index (χ3n) is 4.26. The van der Waals surface area contributed by atoms with Crippen molar-refractivity contribution in [2.45, 2.75) is 27.3 Å². The molecule has 0 bridgehead atoms. The highest BCUT2D eigenvalue weighted by molar-refractivity contribution is 5.72. The van der Waals surface area contributed by atoms with Crippen LogP contribution in [0.15, 0.2) is 22.0 Å². The lowest BCUT2D eigenvalue weighted by Crippen LogP contribution is -2.40. The van der Waals surface area contributed by atoms with Gasteiger partial charge in [-0.1, -0.05) is 0 Å². The molecular weight excluding hydrogens is 322 g/mol. The van der Waals surface area contributed by atoms with Crippen LogP contribution in [-0.4, -0.2) is 31.2 Å². The van der Waals surface area contributed by atoms with E-state index < -0.39 is 11.2 Å². The molecule has 130 valence electrons. The highest BCUT2D eigenvalue weighted by Gasteiger charge is 2.16. The molecule has 0 spiro atoms. The van der Waals surface area contributed by atoms with Crippen LogP contribution >= 0.6 is 0 Å². The number of hydrogen-bond donors (Lipinski definition) is 0. The maximum atomic E-state index is 12.8. The summed E-state index contributed by atoms with van der Waals surface area (Å²) in [7, 11) is 3.17. The van der Waals surface area contributed by atoms with Gasteiger partial charge >= 0.3 is 5.69 Å². The Labute approximate surface area is 143 Å². The minimum atomic E-state index is -0.448. The minimum Gasteiger partial charge on any atom is -0.496 e. The van der Waals surface area contributed by atoms with E-state index in [1.807, 2.05) is 13.8 Å². The first-order chi connectivity index (χ1) is 11.8. The molecule has 0 aromatic carbocycles. The van der Waals surface area contributed by atoms with Crippen molar-refractivity contribution in [2.24, 2.45) is 7.05 Å². The Hall–Kier alpha value is -3.03. The normalized spacial score (nSPS) is 11.1. The smallest absolute Gasteiger partial charge is 0.332 e. The van der Waals surface area contributed by atoms with Crippen molar-refractivity contribution in [2.75, 3.05) is 7.11 Å². The first-order valence-corrected chi connectivity index (χ1v) is 7.77. The second-order valence-corrected chi connectivity index (χ2v) is 5.93. The molecule has 0 N–H and O–H groups in total. The molecule has 0 amide bonds. The Kier molecular flexibility index (Phi) is 4.12.